The van der Waals surface area contributed by atoms with E-state index in [1.807, 2.05) is 43.3 Å². The van der Waals surface area contributed by atoms with Gasteiger partial charge in [-0.25, -0.2) is 15.4 Å². The number of carbonyl (C=O) groups is 3. The number of carboxylic acid groups (broad SMARTS) is 1. The lowest BCUT2D eigenvalue weighted by Crippen LogP contribution is -2.47. The molecule has 2 atom stereocenters. The van der Waals surface area contributed by atoms with Crippen LogP contribution < -0.4 is 11.6 Å². The molecule has 0 radical (unpaired) electrons. The van der Waals surface area contributed by atoms with Crippen molar-refractivity contribution < 1.29 is 43.6 Å². The Labute approximate surface area is 273 Å². The average molecular weight is 661 g/mol. The van der Waals surface area contributed by atoms with Gasteiger partial charge in [0.1, 0.15) is 19.3 Å². The molecule has 0 aliphatic heterocycles. The van der Waals surface area contributed by atoms with Crippen LogP contribution in [0, 0.1) is 16.0 Å². The second kappa shape index (κ2) is 19.5. The van der Waals surface area contributed by atoms with Crippen LogP contribution in [0.4, 0.5) is 4.79 Å². The summed E-state index contributed by atoms with van der Waals surface area (Å²) in [5.74, 6) is 4.50. The minimum absolute atomic E-state index is 0.0318. The lowest BCUT2D eigenvalue weighted by Gasteiger charge is -2.32. The molecule has 258 valence electrons. The Hall–Kier alpha value is -4.96. The molecule has 0 fully saturated rings. The second-order valence-corrected chi connectivity index (χ2v) is 10.7. The molecule has 47 heavy (non-hydrogen) atoms. The van der Waals surface area contributed by atoms with Crippen LogP contribution in [0.1, 0.15) is 58.1 Å². The molecular formula is C31H44N6O10. The summed E-state index contributed by atoms with van der Waals surface area (Å²) in [6.45, 7) is 6.64. The number of nitrogens with zero attached hydrogens (tertiary/aromatic N) is 4. The molecule has 2 aromatic rings. The number of rotatable bonds is 20. The fourth-order valence-electron chi connectivity index (χ4n) is 4.48. The van der Waals surface area contributed by atoms with Gasteiger partial charge in [0.05, 0.1) is 13.2 Å². The van der Waals surface area contributed by atoms with Crippen LogP contribution in [0.25, 0.3) is 11.1 Å². The van der Waals surface area contributed by atoms with Crippen molar-refractivity contribution in [1.82, 2.24) is 10.0 Å². The smallest absolute Gasteiger partial charge is 0.480 e. The van der Waals surface area contributed by atoms with Gasteiger partial charge in [-0.15, -0.1) is 15.2 Å². The number of aliphatic carboxylic acids is 1. The highest BCUT2D eigenvalue weighted by molar-refractivity contribution is 6.03. The molecule has 5 N–H and O–H groups in total. The van der Waals surface area contributed by atoms with Gasteiger partial charge in [0, 0.05) is 18.5 Å². The second-order valence-electron chi connectivity index (χ2n) is 10.7. The summed E-state index contributed by atoms with van der Waals surface area (Å²) in [4.78, 5) is 52.7. The maximum absolute atomic E-state index is 13.0. The molecule has 2 unspecified atom stereocenters. The van der Waals surface area contributed by atoms with E-state index in [1.54, 1.807) is 26.0 Å². The Bertz CT molecular complexity index is 1350. The van der Waals surface area contributed by atoms with Gasteiger partial charge in [-0.3, -0.25) is 4.79 Å². The standard InChI is InChI=1S/C31H44N6O10/c1-5-6-11-27(38)35(28(21(2)3)30(39)40)20-23-12-14-24(15-13-23)25-9-7-8-10-26(25)29(32)34-36(33)22(4)47-31(41)45-18-16-44-17-19-46-37(42)43/h7-10,12-15,21-22,28H,5-6,11,16-20,33H2,1-4H3,(H2,32,34)(H,39,40). The number of carboxylic acids is 1. The number of hydrazine groups is 1. The number of carbonyl (C=O) groups excluding carboxylic acids is 2. The van der Waals surface area contributed by atoms with Crippen molar-refractivity contribution in [2.24, 2.45) is 22.6 Å². The lowest BCUT2D eigenvalue weighted by molar-refractivity contribution is -0.758. The summed E-state index contributed by atoms with van der Waals surface area (Å²) >= 11 is 0. The van der Waals surface area contributed by atoms with Crippen LogP contribution in [0.15, 0.2) is 53.6 Å². The van der Waals surface area contributed by atoms with E-state index in [-0.39, 0.29) is 57.1 Å². The predicted octanol–water partition coefficient (Wildman–Crippen LogP) is 3.50. The number of nitrogens with two attached hydrogens (primary N) is 2. The number of amidine groups is 1. The molecule has 0 saturated heterocycles. The van der Waals surface area contributed by atoms with Gasteiger partial charge in [-0.1, -0.05) is 75.7 Å². The highest BCUT2D eigenvalue weighted by Crippen LogP contribution is 2.26. The number of hydrogen-bond donors (Lipinski definition) is 3. The summed E-state index contributed by atoms with van der Waals surface area (Å²) in [5.41, 5.74) is 9.14. The first-order chi connectivity index (χ1) is 22.3. The van der Waals surface area contributed by atoms with Crippen molar-refractivity contribution in [1.29, 1.82) is 0 Å². The van der Waals surface area contributed by atoms with Crippen molar-refractivity contribution in [2.45, 2.75) is 65.8 Å². The normalized spacial score (nSPS) is 12.6. The Morgan fingerprint density at radius 1 is 1.02 bits per heavy atom. The van der Waals surface area contributed by atoms with Gasteiger partial charge in [0.2, 0.25) is 12.1 Å². The summed E-state index contributed by atoms with van der Waals surface area (Å²) in [7, 11) is 0. The van der Waals surface area contributed by atoms with E-state index in [4.69, 9.17) is 25.8 Å². The monoisotopic (exact) mass is 660 g/mol. The zero-order chi connectivity index (χ0) is 34.9. The van der Waals surface area contributed by atoms with Crippen molar-refractivity contribution in [3.63, 3.8) is 0 Å². The molecule has 0 heterocycles. The number of ether oxygens (including phenoxy) is 3. The Morgan fingerprint density at radius 2 is 1.68 bits per heavy atom. The third-order valence-corrected chi connectivity index (χ3v) is 6.84. The van der Waals surface area contributed by atoms with Crippen LogP contribution in [-0.4, -0.2) is 82.8 Å². The lowest BCUT2D eigenvalue weighted by atomic mass is 9.97. The predicted molar refractivity (Wildman–Crippen MR) is 171 cm³/mol. The van der Waals surface area contributed by atoms with E-state index in [0.29, 0.717) is 12.0 Å². The Balaban J connectivity index is 2.10. The van der Waals surface area contributed by atoms with E-state index >= 15 is 0 Å². The third kappa shape index (κ3) is 12.8. The Kier molecular flexibility index (Phi) is 15.9. The van der Waals surface area contributed by atoms with Gasteiger partial charge < -0.3 is 34.8 Å². The first-order valence-electron chi connectivity index (χ1n) is 15.1. The molecule has 16 nitrogen and oxygen atoms in total. The number of unbranched alkanes of at least 4 members (excludes halogenated alkanes) is 1. The van der Waals surface area contributed by atoms with Gasteiger partial charge >= 0.3 is 12.1 Å². The van der Waals surface area contributed by atoms with Crippen LogP contribution in [-0.2, 0) is 35.2 Å². The minimum Gasteiger partial charge on any atom is -0.480 e. The van der Waals surface area contributed by atoms with Gasteiger partial charge in [0.25, 0.3) is 5.09 Å². The fourth-order valence-corrected chi connectivity index (χ4v) is 4.48. The largest absolute Gasteiger partial charge is 0.510 e. The maximum Gasteiger partial charge on any atom is 0.510 e. The molecular weight excluding hydrogens is 616 g/mol. The molecule has 0 aliphatic rings. The average Bonchev–Trinajstić information content (AvgIpc) is 3.02. The molecule has 1 amide bonds. The van der Waals surface area contributed by atoms with Gasteiger partial charge in [0.15, 0.2) is 5.84 Å². The molecule has 0 saturated carbocycles. The van der Waals surface area contributed by atoms with E-state index in [2.05, 4.69) is 9.94 Å². The number of hydrogen-bond acceptors (Lipinski definition) is 12. The van der Waals surface area contributed by atoms with E-state index in [9.17, 15) is 29.6 Å². The quantitative estimate of drug-likeness (QED) is 0.0271. The van der Waals surface area contributed by atoms with Crippen LogP contribution in [0.5, 0.6) is 0 Å². The first kappa shape index (κ1) is 38.2. The number of benzene rings is 2. The zero-order valence-electron chi connectivity index (χ0n) is 27.1. The summed E-state index contributed by atoms with van der Waals surface area (Å²) in [6, 6.07) is 13.6. The third-order valence-electron chi connectivity index (χ3n) is 6.84. The first-order valence-corrected chi connectivity index (χ1v) is 15.1. The molecule has 0 aliphatic carbocycles. The van der Waals surface area contributed by atoms with E-state index in [1.165, 1.54) is 11.8 Å². The van der Waals surface area contributed by atoms with E-state index < -0.39 is 29.5 Å². The van der Waals surface area contributed by atoms with Crippen LogP contribution in [0.3, 0.4) is 0 Å². The highest BCUT2D eigenvalue weighted by Gasteiger charge is 2.32. The highest BCUT2D eigenvalue weighted by atomic mass is 17.0. The summed E-state index contributed by atoms with van der Waals surface area (Å²) < 4.78 is 15.0. The van der Waals surface area contributed by atoms with Crippen molar-refractivity contribution in [3.8, 4) is 11.1 Å². The molecule has 0 spiro atoms. The number of hydrazone groups is 1. The van der Waals surface area contributed by atoms with Crippen LogP contribution in [0.2, 0.25) is 0 Å². The SMILES string of the molecule is CCCCC(=O)N(Cc1ccc(-c2ccccc2/C(N)=N/N(N)C(C)OC(=O)OCCOCCO[N+](=O)[O-])cc1)C(C(=O)O)C(C)C. The van der Waals surface area contributed by atoms with E-state index in [0.717, 1.165) is 28.2 Å². The molecule has 0 aromatic heterocycles. The molecule has 0 bridgehead atoms. The Morgan fingerprint density at radius 3 is 2.30 bits per heavy atom. The van der Waals surface area contributed by atoms with Crippen molar-refractivity contribution in [2.75, 3.05) is 26.4 Å². The maximum atomic E-state index is 13.0. The van der Waals surface area contributed by atoms with Gasteiger partial charge in [-0.2, -0.15) is 5.12 Å². The topological polar surface area (TPSA) is 222 Å². The van der Waals surface area contributed by atoms with Gasteiger partial charge in [-0.05, 0) is 36.0 Å². The summed E-state index contributed by atoms with van der Waals surface area (Å²) in [5, 5.41) is 24.0. The number of amides is 1. The van der Waals surface area contributed by atoms with Crippen molar-refractivity contribution in [3.05, 3.63) is 69.8 Å². The van der Waals surface area contributed by atoms with Crippen LogP contribution >= 0.6 is 0 Å². The molecule has 2 rings (SSSR count). The molecule has 2 aromatic carbocycles. The zero-order valence-corrected chi connectivity index (χ0v) is 27.1. The summed E-state index contributed by atoms with van der Waals surface area (Å²) in [6.07, 6.45) is -0.326. The van der Waals surface area contributed by atoms with Crippen molar-refractivity contribution >= 4 is 23.9 Å². The minimum atomic E-state index is -1.06. The molecule has 16 heteroatoms. The fraction of sp³-hybridized carbons (Fsp3) is 0.484.